The van der Waals surface area contributed by atoms with E-state index in [1.165, 1.54) is 0 Å². The number of hydrogen-bond acceptors (Lipinski definition) is 5. The van der Waals surface area contributed by atoms with Gasteiger partial charge < -0.3 is 9.84 Å². The molecule has 1 heterocycles. The zero-order chi connectivity index (χ0) is 13.0. The molecule has 0 aliphatic heterocycles. The predicted molar refractivity (Wildman–Crippen MR) is 63.8 cm³/mol. The first-order valence-corrected chi connectivity index (χ1v) is 5.56. The van der Waals surface area contributed by atoms with Crippen LogP contribution in [0.4, 0.5) is 0 Å². The third-order valence-corrected chi connectivity index (χ3v) is 2.29. The van der Waals surface area contributed by atoms with Gasteiger partial charge >= 0.3 is 5.97 Å². The van der Waals surface area contributed by atoms with Crippen molar-refractivity contribution in [2.75, 3.05) is 6.61 Å². The van der Waals surface area contributed by atoms with Gasteiger partial charge in [-0.3, -0.25) is 9.89 Å². The van der Waals surface area contributed by atoms with Crippen LogP contribution >= 0.6 is 0 Å². The van der Waals surface area contributed by atoms with Crippen molar-refractivity contribution in [3.8, 4) is 17.1 Å². The van der Waals surface area contributed by atoms with Crippen molar-refractivity contribution < 1.29 is 14.6 Å². The first-order valence-electron chi connectivity index (χ1n) is 5.56. The molecule has 6 nitrogen and oxygen atoms in total. The number of nitrogens with zero attached hydrogens (tertiary/aromatic N) is 2. The van der Waals surface area contributed by atoms with E-state index < -0.39 is 0 Å². The van der Waals surface area contributed by atoms with Crippen LogP contribution in [0.5, 0.6) is 5.75 Å². The van der Waals surface area contributed by atoms with Gasteiger partial charge in [0.15, 0.2) is 5.82 Å². The molecular formula is C12H13N3O3. The summed E-state index contributed by atoms with van der Waals surface area (Å²) in [6.45, 7) is 2.07. The Labute approximate surface area is 104 Å². The number of para-hydroxylation sites is 1. The summed E-state index contributed by atoms with van der Waals surface area (Å²) in [5.74, 6) is 0.496. The van der Waals surface area contributed by atoms with E-state index in [9.17, 15) is 9.90 Å². The van der Waals surface area contributed by atoms with Crippen LogP contribution < -0.4 is 0 Å². The zero-order valence-electron chi connectivity index (χ0n) is 9.88. The summed E-state index contributed by atoms with van der Waals surface area (Å²) in [5, 5.41) is 16.3. The number of H-pyrrole nitrogens is 1. The molecule has 94 valence electrons. The normalized spacial score (nSPS) is 10.3. The Hall–Kier alpha value is -2.37. The van der Waals surface area contributed by atoms with Crippen LogP contribution in [0.3, 0.4) is 0 Å². The Morgan fingerprint density at radius 1 is 1.44 bits per heavy atom. The summed E-state index contributed by atoms with van der Waals surface area (Å²) in [7, 11) is 0. The minimum absolute atomic E-state index is 0.0361. The molecule has 0 aliphatic carbocycles. The van der Waals surface area contributed by atoms with Crippen LogP contribution in [0.2, 0.25) is 0 Å². The van der Waals surface area contributed by atoms with Crippen molar-refractivity contribution in [3.05, 3.63) is 30.1 Å². The molecule has 1 aromatic carbocycles. The summed E-state index contributed by atoms with van der Waals surface area (Å²) < 4.78 is 4.81. The SMILES string of the molecule is CCOC(=O)Cc1nc(-c2ccccc2O)n[nH]1. The number of carbonyl (C=O) groups excluding carboxylic acids is 1. The Morgan fingerprint density at radius 2 is 2.22 bits per heavy atom. The predicted octanol–water partition coefficient (Wildman–Crippen LogP) is 1.28. The molecule has 2 aromatic rings. The third-order valence-electron chi connectivity index (χ3n) is 2.29. The van der Waals surface area contributed by atoms with Crippen LogP contribution in [-0.4, -0.2) is 32.9 Å². The number of aromatic nitrogens is 3. The van der Waals surface area contributed by atoms with Gasteiger partial charge in [0.2, 0.25) is 0 Å². The molecule has 0 aliphatic rings. The van der Waals surface area contributed by atoms with Gasteiger partial charge in [0.05, 0.1) is 12.2 Å². The number of ether oxygens (including phenoxy) is 1. The third kappa shape index (κ3) is 2.65. The largest absolute Gasteiger partial charge is 0.507 e. The highest BCUT2D eigenvalue weighted by Crippen LogP contribution is 2.25. The van der Waals surface area contributed by atoms with Gasteiger partial charge in [-0.15, -0.1) is 0 Å². The van der Waals surface area contributed by atoms with Crippen molar-refractivity contribution in [1.29, 1.82) is 0 Å². The molecule has 0 radical (unpaired) electrons. The first kappa shape index (κ1) is 12.1. The molecular weight excluding hydrogens is 234 g/mol. The van der Waals surface area contributed by atoms with E-state index in [1.54, 1.807) is 31.2 Å². The van der Waals surface area contributed by atoms with E-state index in [0.29, 0.717) is 23.8 Å². The van der Waals surface area contributed by atoms with Gasteiger partial charge in [-0.1, -0.05) is 12.1 Å². The minimum Gasteiger partial charge on any atom is -0.507 e. The maximum absolute atomic E-state index is 11.3. The summed E-state index contributed by atoms with van der Waals surface area (Å²) in [6, 6.07) is 6.74. The molecule has 0 saturated heterocycles. The molecule has 2 N–H and O–H groups in total. The topological polar surface area (TPSA) is 88.1 Å². The average Bonchev–Trinajstić information content (AvgIpc) is 2.78. The number of benzene rings is 1. The lowest BCUT2D eigenvalue weighted by Crippen LogP contribution is -2.08. The average molecular weight is 247 g/mol. The minimum atomic E-state index is -0.363. The Balaban J connectivity index is 2.16. The molecule has 0 unspecified atom stereocenters. The fourth-order valence-corrected chi connectivity index (χ4v) is 1.51. The van der Waals surface area contributed by atoms with E-state index in [2.05, 4.69) is 15.2 Å². The number of phenolic OH excluding ortho intramolecular Hbond substituents is 1. The molecule has 6 heteroatoms. The molecule has 18 heavy (non-hydrogen) atoms. The Bertz CT molecular complexity index is 551. The summed E-state index contributed by atoms with van der Waals surface area (Å²) in [6.07, 6.45) is 0.0361. The number of esters is 1. The van der Waals surface area contributed by atoms with Gasteiger partial charge in [0.25, 0.3) is 0 Å². The highest BCUT2D eigenvalue weighted by molar-refractivity contribution is 5.72. The second-order valence-corrected chi connectivity index (χ2v) is 3.60. The smallest absolute Gasteiger partial charge is 0.313 e. The van der Waals surface area contributed by atoms with E-state index >= 15 is 0 Å². The number of carbonyl (C=O) groups is 1. The summed E-state index contributed by atoms with van der Waals surface area (Å²) >= 11 is 0. The van der Waals surface area contributed by atoms with Crippen LogP contribution in [0.1, 0.15) is 12.7 Å². The lowest BCUT2D eigenvalue weighted by atomic mass is 10.2. The van der Waals surface area contributed by atoms with Crippen LogP contribution in [0.15, 0.2) is 24.3 Å². The molecule has 0 bridgehead atoms. The molecule has 0 spiro atoms. The number of phenols is 1. The highest BCUT2D eigenvalue weighted by atomic mass is 16.5. The van der Waals surface area contributed by atoms with E-state index in [0.717, 1.165) is 0 Å². The fraction of sp³-hybridized carbons (Fsp3) is 0.250. The van der Waals surface area contributed by atoms with Crippen molar-refractivity contribution in [2.45, 2.75) is 13.3 Å². The summed E-state index contributed by atoms with van der Waals surface area (Å²) in [4.78, 5) is 15.4. The van der Waals surface area contributed by atoms with Crippen molar-refractivity contribution in [3.63, 3.8) is 0 Å². The maximum Gasteiger partial charge on any atom is 0.313 e. The Morgan fingerprint density at radius 3 is 2.94 bits per heavy atom. The van der Waals surface area contributed by atoms with Gasteiger partial charge in [-0.2, -0.15) is 5.10 Å². The standard InChI is InChI=1S/C12H13N3O3/c1-2-18-11(17)7-10-13-12(15-14-10)8-5-3-4-6-9(8)16/h3-6,16H,2,7H2,1H3,(H,13,14,15). The number of aromatic amines is 1. The van der Waals surface area contributed by atoms with E-state index in [1.807, 2.05) is 0 Å². The van der Waals surface area contributed by atoms with E-state index in [-0.39, 0.29) is 18.1 Å². The summed E-state index contributed by atoms with van der Waals surface area (Å²) in [5.41, 5.74) is 0.517. The quantitative estimate of drug-likeness (QED) is 0.794. The lowest BCUT2D eigenvalue weighted by Gasteiger charge is -1.98. The molecule has 0 saturated carbocycles. The number of rotatable bonds is 4. The van der Waals surface area contributed by atoms with Crippen molar-refractivity contribution >= 4 is 5.97 Å². The monoisotopic (exact) mass is 247 g/mol. The van der Waals surface area contributed by atoms with Crippen molar-refractivity contribution in [2.24, 2.45) is 0 Å². The van der Waals surface area contributed by atoms with Gasteiger partial charge in [0, 0.05) is 0 Å². The highest BCUT2D eigenvalue weighted by Gasteiger charge is 2.12. The second kappa shape index (κ2) is 5.31. The first-order chi connectivity index (χ1) is 8.70. The fourth-order valence-electron chi connectivity index (χ4n) is 1.51. The number of aromatic hydroxyl groups is 1. The number of nitrogens with one attached hydrogen (secondary N) is 1. The van der Waals surface area contributed by atoms with Gasteiger partial charge in [-0.25, -0.2) is 4.98 Å². The molecule has 0 fully saturated rings. The molecule has 0 atom stereocenters. The van der Waals surface area contributed by atoms with Crippen LogP contribution in [0.25, 0.3) is 11.4 Å². The Kier molecular flexibility index (Phi) is 3.57. The van der Waals surface area contributed by atoms with Gasteiger partial charge in [-0.05, 0) is 19.1 Å². The maximum atomic E-state index is 11.3. The molecule has 1 aromatic heterocycles. The second-order valence-electron chi connectivity index (χ2n) is 3.60. The van der Waals surface area contributed by atoms with Crippen LogP contribution in [-0.2, 0) is 16.0 Å². The van der Waals surface area contributed by atoms with Crippen LogP contribution in [0, 0.1) is 0 Å². The lowest BCUT2D eigenvalue weighted by molar-refractivity contribution is -0.142. The van der Waals surface area contributed by atoms with Crippen molar-refractivity contribution in [1.82, 2.24) is 15.2 Å². The number of hydrogen-bond donors (Lipinski definition) is 2. The van der Waals surface area contributed by atoms with E-state index in [4.69, 9.17) is 4.74 Å². The van der Waals surface area contributed by atoms with Gasteiger partial charge in [0.1, 0.15) is 18.0 Å². The molecule has 0 amide bonds. The zero-order valence-corrected chi connectivity index (χ0v) is 9.88. The molecule has 2 rings (SSSR count).